The topological polar surface area (TPSA) is 51.0 Å². The largest absolute Gasteiger partial charge is 0.454 e. The van der Waals surface area contributed by atoms with Crippen LogP contribution in [0.4, 0.5) is 0 Å². The minimum Gasteiger partial charge on any atom is -0.454 e. The summed E-state index contributed by atoms with van der Waals surface area (Å²) in [6, 6.07) is 17.8. The van der Waals surface area contributed by atoms with E-state index in [0.717, 1.165) is 0 Å². The number of aliphatic hydroxyl groups is 1. The molecule has 0 saturated carbocycles. The van der Waals surface area contributed by atoms with Gasteiger partial charge in [0, 0.05) is 0 Å². The summed E-state index contributed by atoms with van der Waals surface area (Å²) in [5, 5.41) is 11.2. The van der Waals surface area contributed by atoms with E-state index >= 15 is 0 Å². The van der Waals surface area contributed by atoms with Crippen molar-refractivity contribution in [2.45, 2.75) is 18.6 Å². The zero-order valence-electron chi connectivity index (χ0n) is 13.8. The van der Waals surface area contributed by atoms with Gasteiger partial charge in [-0.2, -0.15) is 0 Å². The summed E-state index contributed by atoms with van der Waals surface area (Å²) in [7, 11) is 3.98. The lowest BCUT2D eigenvalue weighted by Gasteiger charge is -2.28. The number of nitrogens with one attached hydrogen (secondary N) is 1. The van der Waals surface area contributed by atoms with E-state index in [9.17, 15) is 9.90 Å². The van der Waals surface area contributed by atoms with Gasteiger partial charge in [0.1, 0.15) is 12.6 Å². The quantitative estimate of drug-likeness (QED) is 0.782. The molecule has 2 aromatic rings. The second-order valence-corrected chi connectivity index (χ2v) is 6.07. The summed E-state index contributed by atoms with van der Waals surface area (Å²) >= 11 is 0. The summed E-state index contributed by atoms with van der Waals surface area (Å²) in [6.07, 6.45) is -0.286. The minimum atomic E-state index is -1.81. The van der Waals surface area contributed by atoms with Crippen LogP contribution in [0.2, 0.25) is 0 Å². The average molecular weight is 314 g/mol. The molecule has 122 valence electrons. The number of carbonyl (C=O) groups is 1. The SMILES string of the molecule is C[C@H](C[NH+](C)C)OC(=O)C(O)(c1ccccc1)c1ccccc1. The van der Waals surface area contributed by atoms with Gasteiger partial charge in [0.15, 0.2) is 0 Å². The summed E-state index contributed by atoms with van der Waals surface area (Å²) < 4.78 is 5.53. The molecule has 0 saturated heterocycles. The van der Waals surface area contributed by atoms with Crippen LogP contribution in [0.1, 0.15) is 18.1 Å². The molecule has 2 aromatic carbocycles. The van der Waals surface area contributed by atoms with Crippen LogP contribution in [0, 0.1) is 0 Å². The van der Waals surface area contributed by atoms with Gasteiger partial charge in [-0.25, -0.2) is 4.79 Å². The Hall–Kier alpha value is -2.17. The van der Waals surface area contributed by atoms with Crippen LogP contribution in [-0.4, -0.2) is 37.8 Å². The van der Waals surface area contributed by atoms with E-state index < -0.39 is 11.6 Å². The Morgan fingerprint density at radius 3 is 1.87 bits per heavy atom. The van der Waals surface area contributed by atoms with Crippen LogP contribution < -0.4 is 4.90 Å². The lowest BCUT2D eigenvalue weighted by molar-refractivity contribution is -0.861. The smallest absolute Gasteiger partial charge is 0.348 e. The number of hydrogen-bond acceptors (Lipinski definition) is 3. The lowest BCUT2D eigenvalue weighted by Crippen LogP contribution is -3.07. The Morgan fingerprint density at radius 1 is 1.04 bits per heavy atom. The van der Waals surface area contributed by atoms with Gasteiger partial charge in [0.25, 0.3) is 0 Å². The number of esters is 1. The van der Waals surface area contributed by atoms with E-state index in [4.69, 9.17) is 4.74 Å². The highest BCUT2D eigenvalue weighted by Gasteiger charge is 2.42. The second-order valence-electron chi connectivity index (χ2n) is 6.07. The van der Waals surface area contributed by atoms with Crippen molar-refractivity contribution in [2.75, 3.05) is 20.6 Å². The number of hydrogen-bond donors (Lipinski definition) is 2. The maximum atomic E-state index is 12.8. The molecule has 0 amide bonds. The van der Waals surface area contributed by atoms with Crippen molar-refractivity contribution < 1.29 is 19.5 Å². The molecule has 1 atom stereocenters. The summed E-state index contributed by atoms with van der Waals surface area (Å²) in [6.45, 7) is 2.51. The Balaban J connectivity index is 2.37. The van der Waals surface area contributed by atoms with E-state index in [2.05, 4.69) is 0 Å². The standard InChI is InChI=1S/C19H23NO3/c1-15(14-20(2)3)23-18(21)19(22,16-10-6-4-7-11-16)17-12-8-5-9-13-17/h4-13,15,22H,14H2,1-3H3/p+1/t15-/m1/s1. The maximum absolute atomic E-state index is 12.8. The van der Waals surface area contributed by atoms with Gasteiger partial charge in [-0.3, -0.25) is 0 Å². The monoisotopic (exact) mass is 314 g/mol. The molecular formula is C19H24NO3+. The van der Waals surface area contributed by atoms with Crippen LogP contribution in [0.3, 0.4) is 0 Å². The molecule has 0 bridgehead atoms. The molecule has 4 nitrogen and oxygen atoms in total. The van der Waals surface area contributed by atoms with E-state index in [1.54, 1.807) is 48.5 Å². The van der Waals surface area contributed by atoms with Crippen molar-refractivity contribution in [1.82, 2.24) is 0 Å². The Labute approximate surface area is 137 Å². The number of quaternary nitrogens is 1. The number of carbonyl (C=O) groups excluding carboxylic acids is 1. The summed E-state index contributed by atoms with van der Waals surface area (Å²) in [5.74, 6) is -0.649. The van der Waals surface area contributed by atoms with Gasteiger partial charge in [-0.05, 0) is 18.1 Å². The highest BCUT2D eigenvalue weighted by atomic mass is 16.6. The first-order valence-electron chi connectivity index (χ1n) is 7.78. The van der Waals surface area contributed by atoms with Crippen LogP contribution in [0.15, 0.2) is 60.7 Å². The number of rotatable bonds is 6. The highest BCUT2D eigenvalue weighted by molar-refractivity contribution is 5.85. The third-order valence-corrected chi connectivity index (χ3v) is 3.68. The second kappa shape index (κ2) is 7.40. The Morgan fingerprint density at radius 2 is 1.48 bits per heavy atom. The van der Waals surface area contributed by atoms with E-state index in [-0.39, 0.29) is 6.10 Å². The summed E-state index contributed by atoms with van der Waals surface area (Å²) in [5.41, 5.74) is -0.806. The molecule has 0 spiro atoms. The molecule has 0 aromatic heterocycles. The molecule has 0 fully saturated rings. The number of benzene rings is 2. The normalized spacial score (nSPS) is 12.9. The van der Waals surface area contributed by atoms with Crippen molar-refractivity contribution in [2.24, 2.45) is 0 Å². The molecule has 4 heteroatoms. The minimum absolute atomic E-state index is 0.286. The molecule has 0 aliphatic carbocycles. The summed E-state index contributed by atoms with van der Waals surface area (Å²) in [4.78, 5) is 14.0. The predicted molar refractivity (Wildman–Crippen MR) is 89.1 cm³/mol. The molecule has 0 heterocycles. The van der Waals surface area contributed by atoms with Gasteiger partial charge < -0.3 is 14.7 Å². The molecular weight excluding hydrogens is 290 g/mol. The fourth-order valence-electron chi connectivity index (χ4n) is 2.65. The molecule has 0 radical (unpaired) electrons. The van der Waals surface area contributed by atoms with Crippen LogP contribution in [0.25, 0.3) is 0 Å². The number of ether oxygens (including phenoxy) is 1. The van der Waals surface area contributed by atoms with Crippen molar-refractivity contribution in [1.29, 1.82) is 0 Å². The van der Waals surface area contributed by atoms with Gasteiger partial charge >= 0.3 is 5.97 Å². The van der Waals surface area contributed by atoms with E-state index in [1.165, 1.54) is 4.90 Å². The molecule has 2 N–H and O–H groups in total. The van der Waals surface area contributed by atoms with Gasteiger partial charge in [-0.1, -0.05) is 60.7 Å². The molecule has 0 aliphatic rings. The van der Waals surface area contributed by atoms with E-state index in [0.29, 0.717) is 17.7 Å². The first-order chi connectivity index (χ1) is 10.9. The average Bonchev–Trinajstić information content (AvgIpc) is 2.54. The van der Waals surface area contributed by atoms with E-state index in [1.807, 2.05) is 33.2 Å². The van der Waals surface area contributed by atoms with Crippen molar-refractivity contribution in [3.8, 4) is 0 Å². The molecule has 2 rings (SSSR count). The third kappa shape index (κ3) is 3.97. The van der Waals surface area contributed by atoms with Gasteiger partial charge in [0.05, 0.1) is 14.1 Å². The first-order valence-corrected chi connectivity index (χ1v) is 7.78. The fourth-order valence-corrected chi connectivity index (χ4v) is 2.65. The zero-order valence-corrected chi connectivity index (χ0v) is 13.8. The van der Waals surface area contributed by atoms with Crippen molar-refractivity contribution in [3.05, 3.63) is 71.8 Å². The van der Waals surface area contributed by atoms with Gasteiger partial charge in [-0.15, -0.1) is 0 Å². The van der Waals surface area contributed by atoms with Crippen molar-refractivity contribution >= 4 is 5.97 Å². The van der Waals surface area contributed by atoms with Gasteiger partial charge in [0.2, 0.25) is 5.60 Å². The fraction of sp³-hybridized carbons (Fsp3) is 0.316. The van der Waals surface area contributed by atoms with Crippen molar-refractivity contribution in [3.63, 3.8) is 0 Å². The Bertz CT molecular complexity index is 586. The molecule has 0 aliphatic heterocycles. The maximum Gasteiger partial charge on any atom is 0.348 e. The highest BCUT2D eigenvalue weighted by Crippen LogP contribution is 2.31. The molecule has 0 unspecified atom stereocenters. The van der Waals surface area contributed by atoms with Crippen LogP contribution in [0.5, 0.6) is 0 Å². The van der Waals surface area contributed by atoms with Crippen LogP contribution >= 0.6 is 0 Å². The first kappa shape index (κ1) is 17.2. The lowest BCUT2D eigenvalue weighted by atomic mass is 9.86. The third-order valence-electron chi connectivity index (χ3n) is 3.68. The Kier molecular flexibility index (Phi) is 5.53. The number of likely N-dealkylation sites (N-methyl/N-ethyl adjacent to an activating group) is 1. The van der Waals surface area contributed by atoms with Crippen LogP contribution in [-0.2, 0) is 15.1 Å². The molecule has 23 heavy (non-hydrogen) atoms. The zero-order chi connectivity index (χ0) is 16.9. The predicted octanol–water partition coefficient (Wildman–Crippen LogP) is 0.999.